The van der Waals surface area contributed by atoms with Crippen molar-refractivity contribution in [3.05, 3.63) is 28.8 Å². The highest BCUT2D eigenvalue weighted by Gasteiger charge is 2.16. The quantitative estimate of drug-likeness (QED) is 0.806. The minimum absolute atomic E-state index is 0.630. The normalized spacial score (nSPS) is 16.9. The molecule has 2 rings (SSSR count). The molecule has 90 valence electrons. The molecule has 0 unspecified atom stereocenters. The summed E-state index contributed by atoms with van der Waals surface area (Å²) in [6, 6.07) is 7.69. The van der Waals surface area contributed by atoms with Gasteiger partial charge in [-0.25, -0.2) is 0 Å². The predicted octanol–water partition coefficient (Wildman–Crippen LogP) is 2.35. The molecule has 4 heteroatoms. The first-order valence-electron chi connectivity index (χ1n) is 5.91. The number of nitriles is 1. The van der Waals surface area contributed by atoms with E-state index in [2.05, 4.69) is 22.8 Å². The van der Waals surface area contributed by atoms with Crippen LogP contribution in [0.2, 0.25) is 5.02 Å². The minimum Gasteiger partial charge on any atom is -0.369 e. The largest absolute Gasteiger partial charge is 0.369 e. The highest BCUT2D eigenvalue weighted by atomic mass is 35.5. The van der Waals surface area contributed by atoms with E-state index in [0.717, 1.165) is 38.4 Å². The molecule has 1 fully saturated rings. The average molecular weight is 250 g/mol. The lowest BCUT2D eigenvalue weighted by atomic mass is 10.2. The van der Waals surface area contributed by atoms with E-state index in [1.54, 1.807) is 6.07 Å². The van der Waals surface area contributed by atoms with Crippen molar-refractivity contribution in [3.63, 3.8) is 0 Å². The zero-order chi connectivity index (χ0) is 12.3. The molecule has 0 saturated carbocycles. The number of rotatable bonds is 2. The standard InChI is InChI=1S/C13H16ClN3/c1-2-16-3-5-17(6-4-16)13-8-11(10-15)7-12(14)9-13/h7-9H,2-6H2,1H3. The van der Waals surface area contributed by atoms with Crippen LogP contribution in [0.1, 0.15) is 12.5 Å². The number of piperazine rings is 1. The molecule has 0 N–H and O–H groups in total. The Bertz CT molecular complexity index is 431. The van der Waals surface area contributed by atoms with Gasteiger partial charge in [0.25, 0.3) is 0 Å². The first-order valence-corrected chi connectivity index (χ1v) is 6.28. The van der Waals surface area contributed by atoms with Gasteiger partial charge in [0.2, 0.25) is 0 Å². The van der Waals surface area contributed by atoms with Gasteiger partial charge in [-0.15, -0.1) is 0 Å². The number of benzene rings is 1. The summed E-state index contributed by atoms with van der Waals surface area (Å²) in [4.78, 5) is 4.71. The van der Waals surface area contributed by atoms with Crippen LogP contribution in [0.5, 0.6) is 0 Å². The first kappa shape index (κ1) is 12.2. The Labute approximate surface area is 107 Å². The van der Waals surface area contributed by atoms with Gasteiger partial charge in [0.1, 0.15) is 0 Å². The van der Waals surface area contributed by atoms with Gasteiger partial charge in [0.15, 0.2) is 0 Å². The summed E-state index contributed by atoms with van der Waals surface area (Å²) in [6.45, 7) is 7.43. The molecule has 1 aromatic carbocycles. The van der Waals surface area contributed by atoms with Gasteiger partial charge in [-0.3, -0.25) is 0 Å². The molecule has 1 aliphatic heterocycles. The lowest BCUT2D eigenvalue weighted by molar-refractivity contribution is 0.271. The van der Waals surface area contributed by atoms with Crippen LogP contribution in [-0.4, -0.2) is 37.6 Å². The van der Waals surface area contributed by atoms with Gasteiger partial charge in [0, 0.05) is 36.9 Å². The summed E-state index contributed by atoms with van der Waals surface area (Å²) in [6.07, 6.45) is 0. The van der Waals surface area contributed by atoms with Gasteiger partial charge in [0.05, 0.1) is 11.6 Å². The second kappa shape index (κ2) is 5.39. The van der Waals surface area contributed by atoms with Gasteiger partial charge < -0.3 is 9.80 Å². The molecule has 1 aromatic rings. The Balaban J connectivity index is 2.13. The molecule has 1 saturated heterocycles. The van der Waals surface area contributed by atoms with Crippen molar-refractivity contribution in [1.29, 1.82) is 5.26 Å². The first-order chi connectivity index (χ1) is 8.22. The average Bonchev–Trinajstić information content (AvgIpc) is 2.38. The van der Waals surface area contributed by atoms with Crippen LogP contribution in [0, 0.1) is 11.3 Å². The van der Waals surface area contributed by atoms with Crippen molar-refractivity contribution in [3.8, 4) is 6.07 Å². The number of halogens is 1. The summed E-state index contributed by atoms with van der Waals surface area (Å²) in [5.74, 6) is 0. The third-order valence-electron chi connectivity index (χ3n) is 3.20. The molecule has 17 heavy (non-hydrogen) atoms. The number of anilines is 1. The van der Waals surface area contributed by atoms with E-state index in [9.17, 15) is 0 Å². The van der Waals surface area contributed by atoms with Crippen LogP contribution >= 0.6 is 11.6 Å². The molecule has 1 heterocycles. The maximum absolute atomic E-state index is 8.93. The van der Waals surface area contributed by atoms with Gasteiger partial charge in [-0.1, -0.05) is 18.5 Å². The summed E-state index contributed by atoms with van der Waals surface area (Å²) < 4.78 is 0. The van der Waals surface area contributed by atoms with Crippen LogP contribution in [0.4, 0.5) is 5.69 Å². The van der Waals surface area contributed by atoms with E-state index in [1.807, 2.05) is 12.1 Å². The van der Waals surface area contributed by atoms with Crippen LogP contribution < -0.4 is 4.90 Å². The molecular weight excluding hydrogens is 234 g/mol. The van der Waals surface area contributed by atoms with Crippen molar-refractivity contribution < 1.29 is 0 Å². The fourth-order valence-electron chi connectivity index (χ4n) is 2.14. The van der Waals surface area contributed by atoms with Gasteiger partial charge in [-0.05, 0) is 24.7 Å². The van der Waals surface area contributed by atoms with Crippen LogP contribution in [0.3, 0.4) is 0 Å². The number of hydrogen-bond acceptors (Lipinski definition) is 3. The highest BCUT2D eigenvalue weighted by molar-refractivity contribution is 6.31. The Morgan fingerprint density at radius 3 is 2.53 bits per heavy atom. The summed E-state index contributed by atoms with van der Waals surface area (Å²) in [5, 5.41) is 9.57. The van der Waals surface area contributed by atoms with Gasteiger partial charge in [-0.2, -0.15) is 5.26 Å². The lowest BCUT2D eigenvalue weighted by Gasteiger charge is -2.35. The molecule has 0 radical (unpaired) electrons. The molecule has 0 aromatic heterocycles. The van der Waals surface area contributed by atoms with E-state index in [1.165, 1.54) is 0 Å². The van der Waals surface area contributed by atoms with E-state index >= 15 is 0 Å². The van der Waals surface area contributed by atoms with Crippen molar-refractivity contribution in [2.75, 3.05) is 37.6 Å². The summed E-state index contributed by atoms with van der Waals surface area (Å²) in [7, 11) is 0. The zero-order valence-corrected chi connectivity index (χ0v) is 10.7. The number of hydrogen-bond donors (Lipinski definition) is 0. The fourth-order valence-corrected chi connectivity index (χ4v) is 2.37. The Morgan fingerprint density at radius 2 is 1.94 bits per heavy atom. The molecular formula is C13H16ClN3. The predicted molar refractivity (Wildman–Crippen MR) is 70.5 cm³/mol. The molecule has 1 aliphatic rings. The van der Waals surface area contributed by atoms with Crippen LogP contribution in [0.15, 0.2) is 18.2 Å². The minimum atomic E-state index is 0.630. The third-order valence-corrected chi connectivity index (χ3v) is 3.41. The van der Waals surface area contributed by atoms with Crippen LogP contribution in [-0.2, 0) is 0 Å². The highest BCUT2D eigenvalue weighted by Crippen LogP contribution is 2.23. The topological polar surface area (TPSA) is 30.3 Å². The van der Waals surface area contributed by atoms with Crippen molar-refractivity contribution in [1.82, 2.24) is 4.90 Å². The smallest absolute Gasteiger partial charge is 0.0992 e. The Hall–Kier alpha value is -1.24. The van der Waals surface area contributed by atoms with Crippen LogP contribution in [0.25, 0.3) is 0 Å². The molecule has 3 nitrogen and oxygen atoms in total. The maximum atomic E-state index is 8.93. The Morgan fingerprint density at radius 1 is 1.24 bits per heavy atom. The molecule has 0 atom stereocenters. The van der Waals surface area contributed by atoms with E-state index in [4.69, 9.17) is 16.9 Å². The SMILES string of the molecule is CCN1CCN(c2cc(Cl)cc(C#N)c2)CC1. The monoisotopic (exact) mass is 249 g/mol. The van der Waals surface area contributed by atoms with Crippen molar-refractivity contribution >= 4 is 17.3 Å². The van der Waals surface area contributed by atoms with Crippen molar-refractivity contribution in [2.45, 2.75) is 6.92 Å². The second-order valence-corrected chi connectivity index (χ2v) is 4.67. The third kappa shape index (κ3) is 2.91. The van der Waals surface area contributed by atoms with Gasteiger partial charge >= 0.3 is 0 Å². The maximum Gasteiger partial charge on any atom is 0.0992 e. The molecule has 0 amide bonds. The molecule has 0 spiro atoms. The molecule has 0 aliphatic carbocycles. The van der Waals surface area contributed by atoms with Crippen molar-refractivity contribution in [2.24, 2.45) is 0 Å². The Kier molecular flexibility index (Phi) is 3.88. The van der Waals surface area contributed by atoms with E-state index < -0.39 is 0 Å². The fraction of sp³-hybridized carbons (Fsp3) is 0.462. The number of nitrogens with zero attached hydrogens (tertiary/aromatic N) is 3. The second-order valence-electron chi connectivity index (χ2n) is 4.23. The molecule has 0 bridgehead atoms. The summed E-state index contributed by atoms with van der Waals surface area (Å²) >= 11 is 6.02. The lowest BCUT2D eigenvalue weighted by Crippen LogP contribution is -2.46. The zero-order valence-electron chi connectivity index (χ0n) is 9.99. The van der Waals surface area contributed by atoms with E-state index in [-0.39, 0.29) is 0 Å². The number of likely N-dealkylation sites (N-methyl/N-ethyl adjacent to an activating group) is 1. The summed E-state index contributed by atoms with van der Waals surface area (Å²) in [5.41, 5.74) is 1.69. The van der Waals surface area contributed by atoms with E-state index in [0.29, 0.717) is 10.6 Å².